The summed E-state index contributed by atoms with van der Waals surface area (Å²) in [6.45, 7) is 6.21. The van der Waals surface area contributed by atoms with E-state index in [0.717, 1.165) is 23.8 Å². The molecule has 0 radical (unpaired) electrons. The van der Waals surface area contributed by atoms with E-state index in [1.807, 2.05) is 12.1 Å². The zero-order chi connectivity index (χ0) is 22.9. The first-order valence-corrected chi connectivity index (χ1v) is 11.4. The maximum atomic E-state index is 11.1. The van der Waals surface area contributed by atoms with Gasteiger partial charge < -0.3 is 35.5 Å². The molecule has 0 aliphatic heterocycles. The van der Waals surface area contributed by atoms with Crippen LogP contribution in [0.15, 0.2) is 17.8 Å². The first-order valence-electron chi connectivity index (χ1n) is 8.98. The maximum Gasteiger partial charge on any atom is 0.333 e. The average Bonchev–Trinajstić information content (AvgIpc) is 3.40. The lowest BCUT2D eigenvalue weighted by atomic mass is 10.0. The third-order valence-electron chi connectivity index (χ3n) is 4.61. The summed E-state index contributed by atoms with van der Waals surface area (Å²) in [5.41, 5.74) is -0.349. The summed E-state index contributed by atoms with van der Waals surface area (Å²) in [6, 6.07) is 3.79. The van der Waals surface area contributed by atoms with Gasteiger partial charge in [0.2, 0.25) is 0 Å². The van der Waals surface area contributed by atoms with Crippen molar-refractivity contribution in [3.63, 3.8) is 0 Å². The van der Waals surface area contributed by atoms with Crippen LogP contribution in [-0.4, -0.2) is 81.2 Å². The van der Waals surface area contributed by atoms with E-state index in [1.54, 1.807) is 11.9 Å². The van der Waals surface area contributed by atoms with Gasteiger partial charge in [0.25, 0.3) is 5.70 Å². The molecule has 4 atom stereocenters. The predicted octanol–water partition coefficient (Wildman–Crippen LogP) is 1.39. The molecule has 166 valence electrons. The van der Waals surface area contributed by atoms with Crippen LogP contribution in [0.4, 0.5) is 5.00 Å². The van der Waals surface area contributed by atoms with E-state index in [9.17, 15) is 25.2 Å². The minimum atomic E-state index is -1.68. The van der Waals surface area contributed by atoms with E-state index in [-0.39, 0.29) is 12.2 Å². The molecule has 6 N–H and O–H groups in total. The fraction of sp³-hybridized carbons (Fsp3) is 0.368. The molecule has 3 rings (SSSR count). The van der Waals surface area contributed by atoms with Crippen molar-refractivity contribution in [2.75, 3.05) is 25.1 Å². The molecule has 0 aliphatic rings. The van der Waals surface area contributed by atoms with Gasteiger partial charge in [-0.3, -0.25) is 4.79 Å². The van der Waals surface area contributed by atoms with Crippen molar-refractivity contribution >= 4 is 69.9 Å². The predicted molar refractivity (Wildman–Crippen MR) is 122 cm³/mol. The van der Waals surface area contributed by atoms with Crippen molar-refractivity contribution in [1.82, 2.24) is 0 Å². The largest absolute Gasteiger partial charge is 0.486 e. The minimum Gasteiger partial charge on any atom is -0.486 e. The second kappa shape index (κ2) is 9.60. The van der Waals surface area contributed by atoms with Gasteiger partial charge in [-0.05, 0) is 18.2 Å². The van der Waals surface area contributed by atoms with Gasteiger partial charge in [0.05, 0.1) is 33.7 Å². The monoisotopic (exact) mass is 484 g/mol. The van der Waals surface area contributed by atoms with Crippen molar-refractivity contribution in [2.24, 2.45) is 0 Å². The summed E-state index contributed by atoms with van der Waals surface area (Å²) in [5, 5.41) is 58.1. The van der Waals surface area contributed by atoms with Gasteiger partial charge in [-0.2, -0.15) is 0 Å². The minimum absolute atomic E-state index is 0.0152. The number of carboxylic acids is 1. The van der Waals surface area contributed by atoms with E-state index in [0.29, 0.717) is 4.88 Å². The molecule has 3 aromatic rings. The molecule has 0 aromatic carbocycles. The number of aliphatic hydroxyl groups excluding tert-OH is 5. The number of thiophene rings is 3. The third-order valence-corrected chi connectivity index (χ3v) is 8.45. The first kappa shape index (κ1) is 23.6. The van der Waals surface area contributed by atoms with Crippen molar-refractivity contribution in [3.8, 4) is 0 Å². The Bertz CT molecular complexity index is 1160. The molecule has 0 spiro atoms. The number of hydrogen-bond donors (Lipinski definition) is 6. The number of fused-ring (bicyclic) bond motifs is 3. The lowest BCUT2D eigenvalue weighted by Gasteiger charge is -2.28. The smallest absolute Gasteiger partial charge is 0.333 e. The van der Waals surface area contributed by atoms with Gasteiger partial charge in [0, 0.05) is 27.9 Å². The highest BCUT2D eigenvalue weighted by atomic mass is 32.1. The molecule has 3 aromatic heterocycles. The molecule has 31 heavy (non-hydrogen) atoms. The second-order valence-electron chi connectivity index (χ2n) is 6.85. The van der Waals surface area contributed by atoms with E-state index < -0.39 is 37.0 Å². The summed E-state index contributed by atoms with van der Waals surface area (Å²) < 4.78 is 3.97. The summed E-state index contributed by atoms with van der Waals surface area (Å²) in [7, 11) is 1.72. The Kier molecular flexibility index (Phi) is 7.30. The standard InChI is InChI=1S/C19H20N2O7S3/c1-20-9(19(27)28)3-8-4-12-17(29-8)18-13(30-12)5-14(31-18)21(2)6-10(23)15(25)16(26)11(24)7-22/h3-5,10-11,15-16,22-26H,6-7H2,2H3,(H,27,28)/b9-3-. The van der Waals surface area contributed by atoms with Crippen LogP contribution in [0.25, 0.3) is 29.7 Å². The van der Waals surface area contributed by atoms with Crippen LogP contribution >= 0.6 is 34.0 Å². The van der Waals surface area contributed by atoms with E-state index in [1.165, 1.54) is 40.1 Å². The Morgan fingerprint density at radius 3 is 2.32 bits per heavy atom. The molecule has 0 saturated heterocycles. The SMILES string of the molecule is [C-]#[N+]/C(=C\c1cc2sc3cc(N(C)CC(O)C(O)C(O)C(O)CO)sc3c2s1)C(=O)O. The third kappa shape index (κ3) is 4.89. The molecule has 0 bridgehead atoms. The van der Waals surface area contributed by atoms with Crippen LogP contribution in [0.5, 0.6) is 0 Å². The number of anilines is 1. The van der Waals surface area contributed by atoms with Crippen molar-refractivity contribution < 1.29 is 35.4 Å². The topological polar surface area (TPSA) is 146 Å². The van der Waals surface area contributed by atoms with Crippen LogP contribution in [0.1, 0.15) is 4.88 Å². The fourth-order valence-electron chi connectivity index (χ4n) is 2.92. The number of carboxylic acid groups (broad SMARTS) is 1. The number of hydrogen-bond acceptors (Lipinski definition) is 10. The molecule has 4 unspecified atom stereocenters. The van der Waals surface area contributed by atoms with Gasteiger partial charge in [-0.15, -0.1) is 34.0 Å². The molecular formula is C19H20N2O7S3. The number of aliphatic carboxylic acids is 1. The average molecular weight is 485 g/mol. The number of carbonyl (C=O) groups is 1. The van der Waals surface area contributed by atoms with Crippen molar-refractivity contribution in [2.45, 2.75) is 24.4 Å². The van der Waals surface area contributed by atoms with Crippen molar-refractivity contribution in [3.05, 3.63) is 34.1 Å². The Morgan fingerprint density at radius 2 is 1.71 bits per heavy atom. The molecule has 9 nitrogen and oxygen atoms in total. The molecule has 3 heterocycles. The molecule has 0 saturated carbocycles. The van der Waals surface area contributed by atoms with Gasteiger partial charge in [0.1, 0.15) is 18.3 Å². The number of likely N-dealkylation sites (N-methyl/N-ethyl adjacent to an activating group) is 1. The lowest BCUT2D eigenvalue weighted by molar-refractivity contribution is -0.132. The van der Waals surface area contributed by atoms with Gasteiger partial charge >= 0.3 is 5.97 Å². The normalized spacial score (nSPS) is 16.2. The van der Waals surface area contributed by atoms with Crippen LogP contribution in [0, 0.1) is 6.57 Å². The zero-order valence-corrected chi connectivity index (χ0v) is 18.6. The van der Waals surface area contributed by atoms with Crippen molar-refractivity contribution in [1.29, 1.82) is 0 Å². The molecule has 12 heteroatoms. The Morgan fingerprint density at radius 1 is 1.10 bits per heavy atom. The highest BCUT2D eigenvalue weighted by molar-refractivity contribution is 7.39. The summed E-state index contributed by atoms with van der Waals surface area (Å²) in [5.74, 6) is -1.27. The van der Waals surface area contributed by atoms with Crippen LogP contribution in [-0.2, 0) is 4.79 Å². The quantitative estimate of drug-likeness (QED) is 0.197. The highest BCUT2D eigenvalue weighted by Gasteiger charge is 2.31. The maximum absolute atomic E-state index is 11.1. The number of aliphatic hydroxyl groups is 5. The molecule has 0 amide bonds. The molecule has 0 fully saturated rings. The summed E-state index contributed by atoms with van der Waals surface area (Å²) >= 11 is 4.38. The highest BCUT2D eigenvalue weighted by Crippen LogP contribution is 2.46. The van der Waals surface area contributed by atoms with Crippen LogP contribution in [0.2, 0.25) is 0 Å². The van der Waals surface area contributed by atoms with Gasteiger partial charge in [-0.25, -0.2) is 4.85 Å². The Balaban J connectivity index is 1.80. The second-order valence-corrected chi connectivity index (χ2v) is 10.0. The van der Waals surface area contributed by atoms with Gasteiger partial charge in [0.15, 0.2) is 0 Å². The van der Waals surface area contributed by atoms with Gasteiger partial charge in [-0.1, -0.05) is 0 Å². The number of rotatable bonds is 9. The Labute approximate surface area is 188 Å². The number of nitrogens with zero attached hydrogens (tertiary/aromatic N) is 2. The van der Waals surface area contributed by atoms with E-state index in [4.69, 9.17) is 16.8 Å². The first-order chi connectivity index (χ1) is 14.7. The van der Waals surface area contributed by atoms with E-state index >= 15 is 0 Å². The van der Waals surface area contributed by atoms with Crippen LogP contribution in [0.3, 0.4) is 0 Å². The molecule has 0 aliphatic carbocycles. The summed E-state index contributed by atoms with van der Waals surface area (Å²) in [4.78, 5) is 16.5. The van der Waals surface area contributed by atoms with E-state index in [2.05, 4.69) is 4.85 Å². The lowest BCUT2D eigenvalue weighted by Crippen LogP contribution is -2.49. The fourth-order valence-corrected chi connectivity index (χ4v) is 6.85. The summed E-state index contributed by atoms with van der Waals surface area (Å²) in [6.07, 6.45) is -4.87. The van der Waals surface area contributed by atoms with Crippen LogP contribution < -0.4 is 4.90 Å². The molecular weight excluding hydrogens is 464 g/mol. The zero-order valence-electron chi connectivity index (χ0n) is 16.2. The Hall–Kier alpha value is -2.08.